The number of para-hydroxylation sites is 1. The van der Waals surface area contributed by atoms with Crippen molar-refractivity contribution < 1.29 is 9.59 Å². The van der Waals surface area contributed by atoms with Gasteiger partial charge in [-0.05, 0) is 25.0 Å². The van der Waals surface area contributed by atoms with Crippen LogP contribution in [0.3, 0.4) is 0 Å². The molecule has 0 fully saturated rings. The first-order valence-corrected chi connectivity index (χ1v) is 8.73. The maximum absolute atomic E-state index is 12.9. The van der Waals surface area contributed by atoms with Crippen molar-refractivity contribution in [3.63, 3.8) is 0 Å². The lowest BCUT2D eigenvalue weighted by atomic mass is 10.1. The topological polar surface area (TPSA) is 67.2 Å². The standard InChI is InChI=1S/C19H22N4O2/c1-12-10-22-11-15(7-8-18(22)20-12)21-19(25)17-9-14-5-3-4-6-16(14)23(17)13(2)24/h3-6,10,15,17H,7-9,11H2,1-2H3,(H,21,25)/t15-,17-/m0/s1. The molecule has 4 rings (SSSR count). The average molecular weight is 338 g/mol. The first kappa shape index (κ1) is 15.9. The summed E-state index contributed by atoms with van der Waals surface area (Å²) in [5, 5.41) is 3.15. The summed E-state index contributed by atoms with van der Waals surface area (Å²) in [5.41, 5.74) is 2.91. The Morgan fingerprint density at radius 2 is 2.08 bits per heavy atom. The third-order valence-corrected chi connectivity index (χ3v) is 5.08. The zero-order valence-electron chi connectivity index (χ0n) is 14.5. The number of aromatic nitrogens is 2. The van der Waals surface area contributed by atoms with Gasteiger partial charge in [-0.1, -0.05) is 18.2 Å². The van der Waals surface area contributed by atoms with Crippen molar-refractivity contribution in [3.8, 4) is 0 Å². The van der Waals surface area contributed by atoms with E-state index in [-0.39, 0.29) is 17.9 Å². The molecule has 1 N–H and O–H groups in total. The van der Waals surface area contributed by atoms with Gasteiger partial charge in [0.2, 0.25) is 11.8 Å². The van der Waals surface area contributed by atoms with E-state index in [9.17, 15) is 9.59 Å². The molecule has 25 heavy (non-hydrogen) atoms. The molecule has 0 unspecified atom stereocenters. The number of nitrogens with zero attached hydrogens (tertiary/aromatic N) is 3. The molecule has 0 radical (unpaired) electrons. The first-order chi connectivity index (χ1) is 12.0. The second-order valence-corrected chi connectivity index (χ2v) is 6.93. The number of carbonyl (C=O) groups is 2. The van der Waals surface area contributed by atoms with Crippen LogP contribution in [-0.2, 0) is 29.0 Å². The highest BCUT2D eigenvalue weighted by Crippen LogP contribution is 2.32. The maximum Gasteiger partial charge on any atom is 0.243 e. The molecule has 0 bridgehead atoms. The lowest BCUT2D eigenvalue weighted by Crippen LogP contribution is -2.51. The molecule has 2 atom stereocenters. The van der Waals surface area contributed by atoms with Gasteiger partial charge in [0.25, 0.3) is 0 Å². The largest absolute Gasteiger partial charge is 0.350 e. The van der Waals surface area contributed by atoms with E-state index < -0.39 is 6.04 Å². The molecule has 2 aliphatic heterocycles. The highest BCUT2D eigenvalue weighted by molar-refractivity contribution is 6.02. The van der Waals surface area contributed by atoms with Gasteiger partial charge in [-0.25, -0.2) is 4.98 Å². The smallest absolute Gasteiger partial charge is 0.243 e. The Hall–Kier alpha value is -2.63. The molecule has 1 aromatic heterocycles. The molecular weight excluding hydrogens is 316 g/mol. The first-order valence-electron chi connectivity index (χ1n) is 8.73. The molecule has 2 aliphatic rings. The number of hydrogen-bond donors (Lipinski definition) is 1. The van der Waals surface area contributed by atoms with Gasteiger partial charge < -0.3 is 9.88 Å². The van der Waals surface area contributed by atoms with E-state index in [1.807, 2.05) is 37.4 Å². The quantitative estimate of drug-likeness (QED) is 0.904. The molecule has 130 valence electrons. The number of fused-ring (bicyclic) bond motifs is 2. The molecule has 0 spiro atoms. The van der Waals surface area contributed by atoms with Crippen LogP contribution in [0.2, 0.25) is 0 Å². The van der Waals surface area contributed by atoms with Gasteiger partial charge in [-0.3, -0.25) is 14.5 Å². The SMILES string of the molecule is CC(=O)N1c2ccccc2C[C@H]1C(=O)N[C@H]1CCc2nc(C)cn2C1. The van der Waals surface area contributed by atoms with Crippen LogP contribution in [0.15, 0.2) is 30.5 Å². The summed E-state index contributed by atoms with van der Waals surface area (Å²) >= 11 is 0. The van der Waals surface area contributed by atoms with Crippen molar-refractivity contribution in [2.45, 2.75) is 51.7 Å². The molecule has 6 nitrogen and oxygen atoms in total. The van der Waals surface area contributed by atoms with Crippen LogP contribution < -0.4 is 10.2 Å². The number of rotatable bonds is 2. The summed E-state index contributed by atoms with van der Waals surface area (Å²) in [6, 6.07) is 7.36. The lowest BCUT2D eigenvalue weighted by molar-refractivity contribution is -0.126. The molecule has 0 aliphatic carbocycles. The molecule has 3 heterocycles. The molecule has 2 aromatic rings. The van der Waals surface area contributed by atoms with Crippen LogP contribution >= 0.6 is 0 Å². The minimum absolute atomic E-state index is 0.0725. The summed E-state index contributed by atoms with van der Waals surface area (Å²) in [4.78, 5) is 31.1. The van der Waals surface area contributed by atoms with Gasteiger partial charge >= 0.3 is 0 Å². The summed E-state index contributed by atoms with van der Waals surface area (Å²) in [5.74, 6) is 0.916. The second-order valence-electron chi connectivity index (χ2n) is 6.93. The number of aryl methyl sites for hydroxylation is 2. The zero-order valence-corrected chi connectivity index (χ0v) is 14.5. The Labute approximate surface area is 146 Å². The summed E-state index contributed by atoms with van der Waals surface area (Å²) in [6.07, 6.45) is 4.34. The number of amides is 2. The van der Waals surface area contributed by atoms with Gasteiger partial charge in [0, 0.05) is 44.2 Å². The fourth-order valence-corrected chi connectivity index (χ4v) is 3.99. The Morgan fingerprint density at radius 1 is 1.28 bits per heavy atom. The van der Waals surface area contributed by atoms with E-state index in [1.165, 1.54) is 6.92 Å². The fourth-order valence-electron chi connectivity index (χ4n) is 3.99. The third kappa shape index (κ3) is 2.81. The number of anilines is 1. The van der Waals surface area contributed by atoms with Crippen LogP contribution in [0.4, 0.5) is 5.69 Å². The Balaban J connectivity index is 1.49. The fraction of sp³-hybridized carbons (Fsp3) is 0.421. The van der Waals surface area contributed by atoms with E-state index in [0.29, 0.717) is 6.42 Å². The van der Waals surface area contributed by atoms with E-state index >= 15 is 0 Å². The Morgan fingerprint density at radius 3 is 2.88 bits per heavy atom. The van der Waals surface area contributed by atoms with Gasteiger partial charge in [-0.2, -0.15) is 0 Å². The number of imidazole rings is 1. The molecule has 0 saturated carbocycles. The van der Waals surface area contributed by atoms with E-state index in [1.54, 1.807) is 4.90 Å². The van der Waals surface area contributed by atoms with Crippen molar-refractivity contribution in [1.82, 2.24) is 14.9 Å². The van der Waals surface area contributed by atoms with Crippen LogP contribution in [0.5, 0.6) is 0 Å². The van der Waals surface area contributed by atoms with E-state index in [0.717, 1.165) is 42.2 Å². The summed E-state index contributed by atoms with van der Waals surface area (Å²) < 4.78 is 2.12. The van der Waals surface area contributed by atoms with Crippen LogP contribution in [0, 0.1) is 6.92 Å². The van der Waals surface area contributed by atoms with Crippen LogP contribution in [0.25, 0.3) is 0 Å². The summed E-state index contributed by atoms with van der Waals surface area (Å²) in [6.45, 7) is 4.24. The van der Waals surface area contributed by atoms with Crippen LogP contribution in [-0.4, -0.2) is 33.4 Å². The number of hydrogen-bond acceptors (Lipinski definition) is 3. The monoisotopic (exact) mass is 338 g/mol. The predicted octanol–water partition coefficient (Wildman–Crippen LogP) is 1.60. The highest BCUT2D eigenvalue weighted by Gasteiger charge is 2.37. The van der Waals surface area contributed by atoms with Crippen molar-refractivity contribution in [2.24, 2.45) is 0 Å². The Bertz CT molecular complexity index is 842. The minimum Gasteiger partial charge on any atom is -0.350 e. The Kier molecular flexibility index (Phi) is 3.82. The van der Waals surface area contributed by atoms with Crippen molar-refractivity contribution in [1.29, 1.82) is 0 Å². The molecule has 6 heteroatoms. The van der Waals surface area contributed by atoms with Crippen molar-refractivity contribution in [3.05, 3.63) is 47.5 Å². The molecule has 2 amide bonds. The van der Waals surface area contributed by atoms with Gasteiger partial charge in [0.05, 0.1) is 5.69 Å². The maximum atomic E-state index is 12.9. The average Bonchev–Trinajstić information content (AvgIpc) is 3.13. The number of carbonyl (C=O) groups excluding carboxylic acids is 2. The van der Waals surface area contributed by atoms with Crippen molar-refractivity contribution >= 4 is 17.5 Å². The third-order valence-electron chi connectivity index (χ3n) is 5.08. The van der Waals surface area contributed by atoms with Gasteiger partial charge in [0.1, 0.15) is 11.9 Å². The van der Waals surface area contributed by atoms with Gasteiger partial charge in [-0.15, -0.1) is 0 Å². The van der Waals surface area contributed by atoms with Crippen molar-refractivity contribution in [2.75, 3.05) is 4.90 Å². The zero-order chi connectivity index (χ0) is 17.6. The van der Waals surface area contributed by atoms with E-state index in [4.69, 9.17) is 0 Å². The van der Waals surface area contributed by atoms with Gasteiger partial charge in [0.15, 0.2) is 0 Å². The molecule has 1 aromatic carbocycles. The molecule has 0 saturated heterocycles. The predicted molar refractivity (Wildman–Crippen MR) is 94.3 cm³/mol. The number of benzene rings is 1. The summed E-state index contributed by atoms with van der Waals surface area (Å²) in [7, 11) is 0. The highest BCUT2D eigenvalue weighted by atomic mass is 16.2. The lowest BCUT2D eigenvalue weighted by Gasteiger charge is -2.28. The molecular formula is C19H22N4O2. The second kappa shape index (κ2) is 6.02. The van der Waals surface area contributed by atoms with E-state index in [2.05, 4.69) is 14.9 Å². The van der Waals surface area contributed by atoms with Crippen LogP contribution in [0.1, 0.15) is 30.4 Å². The number of nitrogens with one attached hydrogen (secondary N) is 1. The minimum atomic E-state index is -0.458. The normalized spacial score (nSPS) is 21.6.